The number of nitrogens with zero attached hydrogens (tertiary/aromatic N) is 3. The number of amides is 1. The van der Waals surface area contributed by atoms with E-state index in [1.54, 1.807) is 0 Å². The van der Waals surface area contributed by atoms with E-state index in [0.717, 1.165) is 5.56 Å². The second-order valence-corrected chi connectivity index (χ2v) is 5.60. The molecular weight excluding hydrogens is 316 g/mol. The van der Waals surface area contributed by atoms with E-state index in [1.807, 2.05) is 30.3 Å². The maximum atomic E-state index is 11.2. The summed E-state index contributed by atoms with van der Waals surface area (Å²) in [6.07, 6.45) is -1.38. The van der Waals surface area contributed by atoms with Crippen LogP contribution < -0.4 is 5.73 Å². The molecule has 1 aromatic carbocycles. The summed E-state index contributed by atoms with van der Waals surface area (Å²) in [5.41, 5.74) is 6.04. The number of fused-ring (bicyclic) bond motifs is 1. The molecule has 0 aliphatic carbocycles. The largest absolute Gasteiger partial charge is 0.394 e. The summed E-state index contributed by atoms with van der Waals surface area (Å²) in [6.45, 7) is -0.222. The molecular formula is C15H16N4O5. The molecule has 0 radical (unpaired) electrons. The lowest BCUT2D eigenvalue weighted by molar-refractivity contribution is -0.156. The number of rotatable bonds is 4. The zero-order valence-electron chi connectivity index (χ0n) is 12.6. The molecule has 9 nitrogen and oxygen atoms in total. The predicted molar refractivity (Wildman–Crippen MR) is 78.5 cm³/mol. The number of ether oxygens (including phenoxy) is 3. The Kier molecular flexibility index (Phi) is 3.77. The molecule has 0 bridgehead atoms. The van der Waals surface area contributed by atoms with Crippen molar-refractivity contribution in [1.82, 2.24) is 14.8 Å². The lowest BCUT2D eigenvalue weighted by atomic mass is 10.1. The summed E-state index contributed by atoms with van der Waals surface area (Å²) in [6, 6.07) is 9.49. The lowest BCUT2D eigenvalue weighted by Crippen LogP contribution is -2.30. The molecule has 4 rings (SSSR count). The molecule has 2 aromatic rings. The van der Waals surface area contributed by atoms with E-state index in [-0.39, 0.29) is 12.4 Å². The van der Waals surface area contributed by atoms with E-state index in [1.165, 1.54) is 11.0 Å². The van der Waals surface area contributed by atoms with Crippen LogP contribution in [0.25, 0.3) is 0 Å². The Bertz CT molecular complexity index is 736. The molecule has 0 saturated carbocycles. The summed E-state index contributed by atoms with van der Waals surface area (Å²) in [7, 11) is 0. The Balaban J connectivity index is 1.59. The molecule has 3 heterocycles. The van der Waals surface area contributed by atoms with Crippen LogP contribution in [0.3, 0.4) is 0 Å². The number of nitrogens with two attached hydrogens (primary N) is 1. The zero-order valence-corrected chi connectivity index (χ0v) is 12.6. The Morgan fingerprint density at radius 3 is 2.62 bits per heavy atom. The van der Waals surface area contributed by atoms with Gasteiger partial charge >= 0.3 is 0 Å². The highest BCUT2D eigenvalue weighted by Gasteiger charge is 2.53. The molecule has 1 amide bonds. The number of benzene rings is 1. The first-order valence-corrected chi connectivity index (χ1v) is 7.50. The molecule has 9 heteroatoms. The van der Waals surface area contributed by atoms with Crippen LogP contribution in [0, 0.1) is 0 Å². The van der Waals surface area contributed by atoms with Gasteiger partial charge in [0.2, 0.25) is 5.82 Å². The first-order valence-electron chi connectivity index (χ1n) is 7.50. The Hall–Kier alpha value is -2.33. The normalized spacial score (nSPS) is 32.0. The second kappa shape index (κ2) is 5.95. The predicted octanol–water partition coefficient (Wildman–Crippen LogP) is -0.251. The molecule has 2 aliphatic heterocycles. The third-order valence-corrected chi connectivity index (χ3v) is 4.09. The smallest absolute Gasteiger partial charge is 0.288 e. The molecule has 24 heavy (non-hydrogen) atoms. The van der Waals surface area contributed by atoms with Gasteiger partial charge in [0.05, 0.1) is 6.61 Å². The first kappa shape index (κ1) is 15.2. The fourth-order valence-electron chi connectivity index (χ4n) is 2.97. The molecule has 126 valence electrons. The first-order chi connectivity index (χ1) is 11.7. The molecule has 0 spiro atoms. The standard InChI is InChI=1S/C15H16N4O5/c16-12(21)13-17-7-19(18-13)14-11-10(9(6-20)22-14)23-15(24-11)8-4-2-1-3-5-8/h1-5,7,9-11,14-15,20H,6H2,(H2,16,21)/t9-,10?,11?,14-,15?/m1/s1. The molecule has 1 aromatic heterocycles. The Morgan fingerprint density at radius 1 is 1.21 bits per heavy atom. The number of hydrogen-bond donors (Lipinski definition) is 2. The number of carbonyl (C=O) groups is 1. The third-order valence-electron chi connectivity index (χ3n) is 4.09. The molecule has 2 saturated heterocycles. The number of aliphatic hydroxyl groups excluding tert-OH is 1. The maximum Gasteiger partial charge on any atom is 0.288 e. The van der Waals surface area contributed by atoms with E-state index in [2.05, 4.69) is 10.1 Å². The van der Waals surface area contributed by atoms with Crippen LogP contribution in [0.2, 0.25) is 0 Å². The van der Waals surface area contributed by atoms with Crippen molar-refractivity contribution in [3.63, 3.8) is 0 Å². The summed E-state index contributed by atoms with van der Waals surface area (Å²) in [4.78, 5) is 15.0. The van der Waals surface area contributed by atoms with Crippen molar-refractivity contribution < 1.29 is 24.1 Å². The van der Waals surface area contributed by atoms with Crippen LogP contribution in [-0.4, -0.2) is 50.7 Å². The van der Waals surface area contributed by atoms with Gasteiger partial charge in [-0.2, -0.15) is 0 Å². The zero-order chi connectivity index (χ0) is 16.7. The summed E-state index contributed by atoms with van der Waals surface area (Å²) >= 11 is 0. The second-order valence-electron chi connectivity index (χ2n) is 5.60. The summed E-state index contributed by atoms with van der Waals surface area (Å²) in [5, 5.41) is 13.6. The maximum absolute atomic E-state index is 11.2. The molecule has 3 unspecified atom stereocenters. The van der Waals surface area contributed by atoms with Gasteiger partial charge in [-0.05, 0) is 0 Å². The van der Waals surface area contributed by atoms with E-state index >= 15 is 0 Å². The molecule has 2 aliphatic rings. The number of aliphatic hydroxyl groups is 1. The van der Waals surface area contributed by atoms with Gasteiger partial charge in [-0.3, -0.25) is 4.79 Å². The van der Waals surface area contributed by atoms with Crippen LogP contribution in [0.15, 0.2) is 36.7 Å². The fraction of sp³-hybridized carbons (Fsp3) is 0.400. The monoisotopic (exact) mass is 332 g/mol. The SMILES string of the molecule is NC(=O)c1ncn([C@@H]2O[C@H](CO)C3OC(c4ccccc4)OC32)n1. The van der Waals surface area contributed by atoms with Crippen molar-refractivity contribution in [3.05, 3.63) is 48.0 Å². The average Bonchev–Trinajstić information content (AvgIpc) is 3.30. The van der Waals surface area contributed by atoms with Crippen molar-refractivity contribution >= 4 is 5.91 Å². The van der Waals surface area contributed by atoms with Crippen molar-refractivity contribution in [1.29, 1.82) is 0 Å². The van der Waals surface area contributed by atoms with E-state index in [4.69, 9.17) is 19.9 Å². The average molecular weight is 332 g/mol. The van der Waals surface area contributed by atoms with Gasteiger partial charge in [0.25, 0.3) is 5.91 Å². The lowest BCUT2D eigenvalue weighted by Gasteiger charge is -2.19. The van der Waals surface area contributed by atoms with Crippen LogP contribution in [0.1, 0.15) is 28.7 Å². The van der Waals surface area contributed by atoms with Crippen LogP contribution >= 0.6 is 0 Å². The van der Waals surface area contributed by atoms with Crippen molar-refractivity contribution in [2.45, 2.75) is 30.8 Å². The summed E-state index contributed by atoms with van der Waals surface area (Å²) in [5.74, 6) is -0.839. The number of hydrogen-bond acceptors (Lipinski definition) is 7. The highest BCUT2D eigenvalue weighted by molar-refractivity contribution is 5.88. The minimum Gasteiger partial charge on any atom is -0.394 e. The molecule has 3 N–H and O–H groups in total. The third kappa shape index (κ3) is 2.47. The summed E-state index contributed by atoms with van der Waals surface area (Å²) < 4.78 is 19.0. The minimum atomic E-state index is -0.729. The Morgan fingerprint density at radius 2 is 1.96 bits per heavy atom. The van der Waals surface area contributed by atoms with Gasteiger partial charge in [-0.15, -0.1) is 5.10 Å². The number of primary amides is 1. The van der Waals surface area contributed by atoms with Crippen molar-refractivity contribution in [2.75, 3.05) is 6.61 Å². The van der Waals surface area contributed by atoms with Gasteiger partial charge in [-0.25, -0.2) is 9.67 Å². The fourth-order valence-corrected chi connectivity index (χ4v) is 2.97. The van der Waals surface area contributed by atoms with Gasteiger partial charge in [-0.1, -0.05) is 30.3 Å². The van der Waals surface area contributed by atoms with E-state index < -0.39 is 36.7 Å². The molecule has 5 atom stereocenters. The van der Waals surface area contributed by atoms with Gasteiger partial charge in [0.1, 0.15) is 24.6 Å². The van der Waals surface area contributed by atoms with E-state index in [0.29, 0.717) is 0 Å². The van der Waals surface area contributed by atoms with Gasteiger partial charge in [0, 0.05) is 5.56 Å². The van der Waals surface area contributed by atoms with Gasteiger partial charge < -0.3 is 25.1 Å². The van der Waals surface area contributed by atoms with Gasteiger partial charge in [0.15, 0.2) is 12.5 Å². The topological polar surface area (TPSA) is 122 Å². The number of carbonyl (C=O) groups excluding carboxylic acids is 1. The van der Waals surface area contributed by atoms with Crippen LogP contribution in [-0.2, 0) is 14.2 Å². The highest BCUT2D eigenvalue weighted by atomic mass is 16.8. The highest BCUT2D eigenvalue weighted by Crippen LogP contribution is 2.43. The Labute approximate surface area is 136 Å². The minimum absolute atomic E-state index is 0.110. The van der Waals surface area contributed by atoms with Crippen LogP contribution in [0.5, 0.6) is 0 Å². The quantitative estimate of drug-likeness (QED) is 0.791. The van der Waals surface area contributed by atoms with Crippen LogP contribution in [0.4, 0.5) is 0 Å². The molecule has 2 fully saturated rings. The van der Waals surface area contributed by atoms with E-state index in [9.17, 15) is 9.90 Å². The van der Waals surface area contributed by atoms with Crippen molar-refractivity contribution in [3.8, 4) is 0 Å². The number of aromatic nitrogens is 3. The van der Waals surface area contributed by atoms with Crippen molar-refractivity contribution in [2.24, 2.45) is 5.73 Å².